The van der Waals surface area contributed by atoms with Gasteiger partial charge in [-0.3, -0.25) is 24.0 Å². The topological polar surface area (TPSA) is 196 Å². The van der Waals surface area contributed by atoms with E-state index in [1.807, 2.05) is 0 Å². The van der Waals surface area contributed by atoms with Crippen LogP contribution in [-0.2, 0) is 52.6 Å². The summed E-state index contributed by atoms with van der Waals surface area (Å²) in [5, 5.41) is 13.9. The van der Waals surface area contributed by atoms with E-state index >= 15 is 0 Å². The molecule has 1 fully saturated rings. The molecule has 0 unspecified atom stereocenters. The summed E-state index contributed by atoms with van der Waals surface area (Å²) in [6.45, 7) is 3.39. The molecule has 0 bridgehead atoms. The van der Waals surface area contributed by atoms with Crippen LogP contribution in [-0.4, -0.2) is 113 Å². The number of carbonyl (C=O) groups excluding carboxylic acids is 5. The minimum absolute atomic E-state index is 0.00735. The third-order valence-electron chi connectivity index (χ3n) is 4.32. The molecule has 0 aliphatic carbocycles. The van der Waals surface area contributed by atoms with Crippen molar-refractivity contribution in [3.05, 3.63) is 0 Å². The van der Waals surface area contributed by atoms with Crippen LogP contribution in [0.1, 0.15) is 38.5 Å². The van der Waals surface area contributed by atoms with Gasteiger partial charge in [-0.1, -0.05) is 0 Å². The number of hydroxylamine groups is 2. The zero-order chi connectivity index (χ0) is 27.9. The third-order valence-corrected chi connectivity index (χ3v) is 4.32. The van der Waals surface area contributed by atoms with Gasteiger partial charge in [-0.05, 0) is 0 Å². The summed E-state index contributed by atoms with van der Waals surface area (Å²) >= 11 is 0. The fourth-order valence-corrected chi connectivity index (χ4v) is 2.43. The summed E-state index contributed by atoms with van der Waals surface area (Å²) in [5.41, 5.74) is 0. The van der Waals surface area contributed by atoms with Gasteiger partial charge in [-0.2, -0.15) is 0 Å². The molecule has 0 spiro atoms. The molecule has 212 valence electrons. The molecular weight excluding hydrogens is 498 g/mol. The first-order valence-corrected chi connectivity index (χ1v) is 11.7. The summed E-state index contributed by atoms with van der Waals surface area (Å²) in [6, 6.07) is 0. The lowest BCUT2D eigenvalue weighted by atomic mass is 10.3. The van der Waals surface area contributed by atoms with E-state index in [1.54, 1.807) is 14.2 Å². The standard InChI is InChI=1S/C13H20N2O7.C9H17NO5/c1-20-8-9-21-7-6-14-10(16)2-5-13(19)22-15-11(17)3-4-12(15)18;1-14-6-7-15-5-4-10-8(11)2-3-9(12)13/h2-9H2,1H3,(H,14,16);2-7H2,1H3,(H,10,11)(H,12,13). The average Bonchev–Trinajstić information content (AvgIpc) is 3.18. The summed E-state index contributed by atoms with van der Waals surface area (Å²) in [7, 11) is 3.14. The molecule has 3 N–H and O–H groups in total. The maximum atomic E-state index is 11.5. The van der Waals surface area contributed by atoms with Gasteiger partial charge in [0.05, 0.1) is 52.5 Å². The van der Waals surface area contributed by atoms with Gasteiger partial charge in [0, 0.05) is 53.0 Å². The van der Waals surface area contributed by atoms with Crippen molar-refractivity contribution in [3.63, 3.8) is 0 Å². The molecule has 1 aliphatic rings. The van der Waals surface area contributed by atoms with Gasteiger partial charge in [-0.15, -0.1) is 5.06 Å². The second kappa shape index (κ2) is 22.1. The first kappa shape index (κ1) is 33.9. The number of carbonyl (C=O) groups is 6. The van der Waals surface area contributed by atoms with E-state index in [1.165, 1.54) is 0 Å². The molecule has 15 heteroatoms. The van der Waals surface area contributed by atoms with Crippen LogP contribution >= 0.6 is 0 Å². The lowest BCUT2D eigenvalue weighted by molar-refractivity contribution is -0.197. The van der Waals surface area contributed by atoms with Crippen molar-refractivity contribution in [2.75, 3.05) is 67.0 Å². The quantitative estimate of drug-likeness (QED) is 0.132. The molecule has 1 heterocycles. The van der Waals surface area contributed by atoms with Gasteiger partial charge in [0.15, 0.2) is 0 Å². The third kappa shape index (κ3) is 19.7. The molecule has 0 saturated carbocycles. The fraction of sp³-hybridized carbons (Fsp3) is 0.727. The van der Waals surface area contributed by atoms with E-state index in [-0.39, 0.29) is 50.3 Å². The SMILES string of the molecule is COCCOCCNC(=O)CCC(=O)O.COCCOCCNC(=O)CCC(=O)ON1C(=O)CCC1=O. The average molecular weight is 536 g/mol. The minimum atomic E-state index is -0.971. The maximum Gasteiger partial charge on any atom is 0.333 e. The molecule has 15 nitrogen and oxygen atoms in total. The molecule has 1 aliphatic heterocycles. The van der Waals surface area contributed by atoms with Crippen molar-refractivity contribution >= 4 is 35.6 Å². The zero-order valence-electron chi connectivity index (χ0n) is 21.3. The monoisotopic (exact) mass is 535 g/mol. The fourth-order valence-electron chi connectivity index (χ4n) is 2.43. The molecule has 1 rings (SSSR count). The van der Waals surface area contributed by atoms with Gasteiger partial charge in [0.25, 0.3) is 11.8 Å². The Labute approximate surface area is 215 Å². The largest absolute Gasteiger partial charge is 0.481 e. The number of hydrogen-bond donors (Lipinski definition) is 3. The number of carboxylic acid groups (broad SMARTS) is 1. The Morgan fingerprint density at radius 2 is 1.19 bits per heavy atom. The van der Waals surface area contributed by atoms with E-state index in [9.17, 15) is 28.8 Å². The summed E-state index contributed by atoms with van der Waals surface area (Å²) in [6.07, 6.45) is -0.365. The summed E-state index contributed by atoms with van der Waals surface area (Å²) in [4.78, 5) is 71.1. The van der Waals surface area contributed by atoms with Crippen molar-refractivity contribution in [2.45, 2.75) is 38.5 Å². The number of nitrogens with one attached hydrogen (secondary N) is 2. The molecule has 0 aromatic rings. The second-order valence-electron chi connectivity index (χ2n) is 7.35. The first-order chi connectivity index (χ1) is 17.7. The van der Waals surface area contributed by atoms with E-state index in [2.05, 4.69) is 15.5 Å². The number of nitrogens with zero attached hydrogens (tertiary/aromatic N) is 1. The van der Waals surface area contributed by atoms with Gasteiger partial charge >= 0.3 is 11.9 Å². The van der Waals surface area contributed by atoms with E-state index in [0.29, 0.717) is 57.8 Å². The lowest BCUT2D eigenvalue weighted by Gasteiger charge is -2.12. The van der Waals surface area contributed by atoms with Crippen molar-refractivity contribution in [3.8, 4) is 0 Å². The van der Waals surface area contributed by atoms with Gasteiger partial charge in [-0.25, -0.2) is 4.79 Å². The Morgan fingerprint density at radius 1 is 0.730 bits per heavy atom. The smallest absolute Gasteiger partial charge is 0.333 e. The van der Waals surface area contributed by atoms with E-state index in [4.69, 9.17) is 24.1 Å². The molecule has 0 atom stereocenters. The Bertz CT molecular complexity index is 716. The maximum absolute atomic E-state index is 11.5. The number of rotatable bonds is 19. The number of methoxy groups -OCH3 is 2. The van der Waals surface area contributed by atoms with Crippen LogP contribution in [0.2, 0.25) is 0 Å². The number of hydrogen-bond acceptors (Lipinski definition) is 11. The highest BCUT2D eigenvalue weighted by atomic mass is 16.7. The predicted octanol–water partition coefficient (Wildman–Crippen LogP) is -1.22. The number of carboxylic acids is 1. The molecule has 4 amide bonds. The van der Waals surface area contributed by atoms with Crippen LogP contribution in [0.4, 0.5) is 0 Å². The number of aliphatic carboxylic acids is 1. The molecule has 0 radical (unpaired) electrons. The van der Waals surface area contributed by atoms with Gasteiger partial charge in [0.1, 0.15) is 0 Å². The van der Waals surface area contributed by atoms with Crippen LogP contribution in [0.5, 0.6) is 0 Å². The van der Waals surface area contributed by atoms with Crippen LogP contribution in [0, 0.1) is 0 Å². The first-order valence-electron chi connectivity index (χ1n) is 11.7. The summed E-state index contributed by atoms with van der Waals surface area (Å²) < 4.78 is 19.8. The molecule has 1 saturated heterocycles. The van der Waals surface area contributed by atoms with Crippen LogP contribution < -0.4 is 10.6 Å². The predicted molar refractivity (Wildman–Crippen MR) is 125 cm³/mol. The second-order valence-corrected chi connectivity index (χ2v) is 7.35. The van der Waals surface area contributed by atoms with Crippen molar-refractivity contribution in [1.82, 2.24) is 15.7 Å². The number of imide groups is 1. The highest BCUT2D eigenvalue weighted by molar-refractivity contribution is 6.01. The Hall–Kier alpha value is -3.14. The highest BCUT2D eigenvalue weighted by Gasteiger charge is 2.32. The minimum Gasteiger partial charge on any atom is -0.481 e. The zero-order valence-corrected chi connectivity index (χ0v) is 21.3. The van der Waals surface area contributed by atoms with Crippen molar-refractivity contribution in [2.24, 2.45) is 0 Å². The van der Waals surface area contributed by atoms with Crippen LogP contribution in [0.25, 0.3) is 0 Å². The highest BCUT2D eigenvalue weighted by Crippen LogP contribution is 2.12. The molecule has 0 aromatic heterocycles. The number of amides is 4. The summed E-state index contributed by atoms with van der Waals surface area (Å²) in [5.74, 6) is -3.47. The molecular formula is C22H37N3O12. The normalized spacial score (nSPS) is 12.5. The van der Waals surface area contributed by atoms with Gasteiger partial charge < -0.3 is 39.5 Å². The van der Waals surface area contributed by atoms with Gasteiger partial charge in [0.2, 0.25) is 11.8 Å². The van der Waals surface area contributed by atoms with Crippen LogP contribution in [0.15, 0.2) is 0 Å². The van der Waals surface area contributed by atoms with Crippen molar-refractivity contribution in [1.29, 1.82) is 0 Å². The van der Waals surface area contributed by atoms with Crippen molar-refractivity contribution < 1.29 is 57.7 Å². The Morgan fingerprint density at radius 3 is 1.62 bits per heavy atom. The van der Waals surface area contributed by atoms with E-state index < -0.39 is 23.8 Å². The van der Waals surface area contributed by atoms with Crippen LogP contribution in [0.3, 0.4) is 0 Å². The number of ether oxygens (including phenoxy) is 4. The van der Waals surface area contributed by atoms with E-state index in [0.717, 1.165) is 0 Å². The lowest BCUT2D eigenvalue weighted by Crippen LogP contribution is -2.33. The molecule has 0 aromatic carbocycles. The Balaban J connectivity index is 0.000000757. The Kier molecular flexibility index (Phi) is 20.2. The molecule has 37 heavy (non-hydrogen) atoms.